The van der Waals surface area contributed by atoms with Crippen LogP contribution in [0, 0.1) is 6.92 Å². The molecular formula is C14H21N3O. The highest BCUT2D eigenvalue weighted by molar-refractivity contribution is 5.94. The normalized spacial score (nSPS) is 20.2. The van der Waals surface area contributed by atoms with Gasteiger partial charge in [-0.3, -0.25) is 4.79 Å². The summed E-state index contributed by atoms with van der Waals surface area (Å²) >= 11 is 0. The molecule has 0 spiro atoms. The average Bonchev–Trinajstić information content (AvgIpc) is 2.57. The van der Waals surface area contributed by atoms with Crippen molar-refractivity contribution in [3.8, 4) is 0 Å². The first-order chi connectivity index (χ1) is 8.66. The quantitative estimate of drug-likeness (QED) is 0.761. The Hall–Kier alpha value is -1.55. The molecule has 4 heteroatoms. The van der Waals surface area contributed by atoms with E-state index in [-0.39, 0.29) is 5.91 Å². The van der Waals surface area contributed by atoms with Gasteiger partial charge in [0.05, 0.1) is 0 Å². The monoisotopic (exact) mass is 247 g/mol. The van der Waals surface area contributed by atoms with E-state index in [1.54, 1.807) is 6.07 Å². The van der Waals surface area contributed by atoms with Crippen LogP contribution in [0.2, 0.25) is 0 Å². The molecule has 1 aromatic rings. The molecule has 1 fully saturated rings. The predicted molar refractivity (Wildman–Crippen MR) is 73.8 cm³/mol. The van der Waals surface area contributed by atoms with Crippen LogP contribution in [-0.2, 0) is 0 Å². The van der Waals surface area contributed by atoms with E-state index in [0.29, 0.717) is 11.6 Å². The van der Waals surface area contributed by atoms with Gasteiger partial charge in [0.1, 0.15) is 0 Å². The molecule has 98 valence electrons. The van der Waals surface area contributed by atoms with Crippen molar-refractivity contribution in [3.63, 3.8) is 0 Å². The molecule has 1 aromatic carbocycles. The van der Waals surface area contributed by atoms with Gasteiger partial charge >= 0.3 is 0 Å². The summed E-state index contributed by atoms with van der Waals surface area (Å²) in [5.74, 6) is -0.363. The van der Waals surface area contributed by atoms with Gasteiger partial charge in [0, 0.05) is 17.3 Å². The zero-order valence-electron chi connectivity index (χ0n) is 10.8. The van der Waals surface area contributed by atoms with Crippen LogP contribution in [0.1, 0.15) is 35.2 Å². The number of aryl methyl sites for hydroxylation is 1. The van der Waals surface area contributed by atoms with Gasteiger partial charge in [0.2, 0.25) is 5.91 Å². The number of hydrogen-bond acceptors (Lipinski definition) is 3. The Morgan fingerprint density at radius 1 is 1.39 bits per heavy atom. The maximum absolute atomic E-state index is 11.2. The van der Waals surface area contributed by atoms with Crippen LogP contribution in [0.5, 0.6) is 0 Å². The standard InChI is InChI=1S/C14H21N3O/c1-10-9-12(4-5-13(10)14(15)18)17-11-3-2-7-16-8-6-11/h4-5,9,11,16-17H,2-3,6-8H2,1H3,(H2,15,18). The lowest BCUT2D eigenvalue weighted by molar-refractivity contribution is 0.1000. The van der Waals surface area contributed by atoms with Crippen molar-refractivity contribution >= 4 is 11.6 Å². The number of carbonyl (C=O) groups is 1. The summed E-state index contributed by atoms with van der Waals surface area (Å²) in [5.41, 5.74) is 7.91. The van der Waals surface area contributed by atoms with Crippen LogP contribution in [0.15, 0.2) is 18.2 Å². The number of carbonyl (C=O) groups excluding carboxylic acids is 1. The third-order valence-corrected chi connectivity index (χ3v) is 3.44. The largest absolute Gasteiger partial charge is 0.382 e. The molecule has 2 rings (SSSR count). The van der Waals surface area contributed by atoms with Crippen molar-refractivity contribution in [2.24, 2.45) is 5.73 Å². The lowest BCUT2D eigenvalue weighted by atomic mass is 10.1. The van der Waals surface area contributed by atoms with Crippen molar-refractivity contribution in [2.75, 3.05) is 18.4 Å². The zero-order chi connectivity index (χ0) is 13.0. The Balaban J connectivity index is 2.05. The van der Waals surface area contributed by atoms with E-state index in [1.165, 1.54) is 12.8 Å². The molecule has 1 atom stereocenters. The van der Waals surface area contributed by atoms with Crippen molar-refractivity contribution in [2.45, 2.75) is 32.2 Å². The van der Waals surface area contributed by atoms with Gasteiger partial charge in [-0.15, -0.1) is 0 Å². The molecule has 0 aliphatic carbocycles. The fourth-order valence-electron chi connectivity index (χ4n) is 2.43. The molecule has 4 N–H and O–H groups in total. The number of amides is 1. The minimum Gasteiger partial charge on any atom is -0.382 e. The second-order valence-electron chi connectivity index (χ2n) is 4.92. The fourth-order valence-corrected chi connectivity index (χ4v) is 2.43. The Morgan fingerprint density at radius 2 is 2.22 bits per heavy atom. The second kappa shape index (κ2) is 5.87. The smallest absolute Gasteiger partial charge is 0.248 e. The number of rotatable bonds is 3. The number of benzene rings is 1. The molecule has 0 aromatic heterocycles. The first-order valence-corrected chi connectivity index (χ1v) is 6.54. The number of nitrogens with one attached hydrogen (secondary N) is 2. The van der Waals surface area contributed by atoms with Gasteiger partial charge in [-0.05, 0) is 63.0 Å². The van der Waals surface area contributed by atoms with Gasteiger partial charge in [0.25, 0.3) is 0 Å². The summed E-state index contributed by atoms with van der Waals surface area (Å²) in [7, 11) is 0. The van der Waals surface area contributed by atoms with Crippen molar-refractivity contribution in [1.29, 1.82) is 0 Å². The van der Waals surface area contributed by atoms with Crippen LogP contribution in [-0.4, -0.2) is 25.0 Å². The first kappa shape index (κ1) is 12.9. The molecule has 0 bridgehead atoms. The molecule has 1 saturated heterocycles. The highest BCUT2D eigenvalue weighted by atomic mass is 16.1. The summed E-state index contributed by atoms with van der Waals surface area (Å²) in [6, 6.07) is 6.25. The molecule has 18 heavy (non-hydrogen) atoms. The lowest BCUT2D eigenvalue weighted by Crippen LogP contribution is -2.21. The van der Waals surface area contributed by atoms with E-state index in [9.17, 15) is 4.79 Å². The SMILES string of the molecule is Cc1cc(NC2CCCNCC2)ccc1C(N)=O. The number of primary amides is 1. The molecule has 1 heterocycles. The molecule has 1 aliphatic heterocycles. The minimum atomic E-state index is -0.363. The van der Waals surface area contributed by atoms with Crippen LogP contribution < -0.4 is 16.4 Å². The maximum atomic E-state index is 11.2. The fraction of sp³-hybridized carbons (Fsp3) is 0.500. The summed E-state index contributed by atoms with van der Waals surface area (Å²) in [6.45, 7) is 4.09. The predicted octanol–water partition coefficient (Wildman–Crippen LogP) is 1.65. The average molecular weight is 247 g/mol. The van der Waals surface area contributed by atoms with Crippen molar-refractivity contribution in [3.05, 3.63) is 29.3 Å². The first-order valence-electron chi connectivity index (χ1n) is 6.54. The van der Waals surface area contributed by atoms with E-state index in [0.717, 1.165) is 30.8 Å². The summed E-state index contributed by atoms with van der Waals surface area (Å²) < 4.78 is 0. The maximum Gasteiger partial charge on any atom is 0.248 e. The van der Waals surface area contributed by atoms with Gasteiger partial charge in [0.15, 0.2) is 0 Å². The van der Waals surface area contributed by atoms with E-state index < -0.39 is 0 Å². The van der Waals surface area contributed by atoms with Crippen molar-refractivity contribution < 1.29 is 4.79 Å². The Kier molecular flexibility index (Phi) is 4.20. The van der Waals surface area contributed by atoms with Gasteiger partial charge in [-0.2, -0.15) is 0 Å². The summed E-state index contributed by atoms with van der Waals surface area (Å²) in [5, 5.41) is 6.93. The molecule has 1 amide bonds. The number of anilines is 1. The molecule has 0 radical (unpaired) electrons. The topological polar surface area (TPSA) is 67.2 Å². The third kappa shape index (κ3) is 3.23. The minimum absolute atomic E-state index is 0.363. The molecule has 0 saturated carbocycles. The molecular weight excluding hydrogens is 226 g/mol. The summed E-state index contributed by atoms with van der Waals surface area (Å²) in [4.78, 5) is 11.2. The molecule has 1 unspecified atom stereocenters. The van der Waals surface area contributed by atoms with Gasteiger partial charge < -0.3 is 16.4 Å². The van der Waals surface area contributed by atoms with Crippen LogP contribution in [0.3, 0.4) is 0 Å². The number of nitrogens with two attached hydrogens (primary N) is 1. The van der Waals surface area contributed by atoms with Crippen LogP contribution in [0.4, 0.5) is 5.69 Å². The Bertz CT molecular complexity index is 423. The van der Waals surface area contributed by atoms with E-state index in [1.807, 2.05) is 19.1 Å². The van der Waals surface area contributed by atoms with Crippen LogP contribution >= 0.6 is 0 Å². The van der Waals surface area contributed by atoms with E-state index >= 15 is 0 Å². The third-order valence-electron chi connectivity index (χ3n) is 3.44. The highest BCUT2D eigenvalue weighted by Gasteiger charge is 2.12. The Morgan fingerprint density at radius 3 is 2.94 bits per heavy atom. The zero-order valence-corrected chi connectivity index (χ0v) is 10.8. The van der Waals surface area contributed by atoms with Gasteiger partial charge in [-0.1, -0.05) is 0 Å². The molecule has 1 aliphatic rings. The van der Waals surface area contributed by atoms with Crippen LogP contribution in [0.25, 0.3) is 0 Å². The van der Waals surface area contributed by atoms with E-state index in [4.69, 9.17) is 5.73 Å². The second-order valence-corrected chi connectivity index (χ2v) is 4.92. The summed E-state index contributed by atoms with van der Waals surface area (Å²) in [6.07, 6.45) is 3.52. The van der Waals surface area contributed by atoms with E-state index in [2.05, 4.69) is 10.6 Å². The highest BCUT2D eigenvalue weighted by Crippen LogP contribution is 2.18. The number of hydrogen-bond donors (Lipinski definition) is 3. The Labute approximate surface area is 108 Å². The molecule has 4 nitrogen and oxygen atoms in total. The van der Waals surface area contributed by atoms with Crippen molar-refractivity contribution in [1.82, 2.24) is 5.32 Å². The lowest BCUT2D eigenvalue weighted by Gasteiger charge is -2.18. The van der Waals surface area contributed by atoms with Gasteiger partial charge in [-0.25, -0.2) is 0 Å².